The SMILES string of the molecule is CCNC(Cc1csc(C)n1)c1cccc2ncccc12. The Kier molecular flexibility index (Phi) is 4.27. The number of fused-ring (bicyclic) bond motifs is 1. The summed E-state index contributed by atoms with van der Waals surface area (Å²) in [6, 6.07) is 10.8. The van der Waals surface area contributed by atoms with Crippen LogP contribution in [0.25, 0.3) is 10.9 Å². The molecule has 0 spiro atoms. The number of thiazole rings is 1. The van der Waals surface area contributed by atoms with Gasteiger partial charge in [-0.15, -0.1) is 11.3 Å². The van der Waals surface area contributed by atoms with E-state index in [1.54, 1.807) is 11.3 Å². The average Bonchev–Trinajstić information content (AvgIpc) is 2.91. The fourth-order valence-electron chi connectivity index (χ4n) is 2.68. The van der Waals surface area contributed by atoms with Gasteiger partial charge in [-0.25, -0.2) is 4.98 Å². The molecule has 0 radical (unpaired) electrons. The van der Waals surface area contributed by atoms with Gasteiger partial charge in [0, 0.05) is 29.4 Å². The third-order valence-electron chi connectivity index (χ3n) is 3.59. The quantitative estimate of drug-likeness (QED) is 0.776. The molecule has 1 unspecified atom stereocenters. The molecule has 108 valence electrons. The summed E-state index contributed by atoms with van der Waals surface area (Å²) in [5, 5.41) is 8.09. The molecule has 0 saturated heterocycles. The van der Waals surface area contributed by atoms with Crippen molar-refractivity contribution in [3.8, 4) is 0 Å². The van der Waals surface area contributed by atoms with Crippen molar-refractivity contribution in [1.29, 1.82) is 0 Å². The predicted molar refractivity (Wildman–Crippen MR) is 88.7 cm³/mol. The van der Waals surface area contributed by atoms with Crippen LogP contribution in [-0.2, 0) is 6.42 Å². The van der Waals surface area contributed by atoms with Crippen LogP contribution in [0.4, 0.5) is 0 Å². The molecule has 2 heterocycles. The van der Waals surface area contributed by atoms with Crippen LogP contribution in [0.1, 0.15) is 29.2 Å². The second-order valence-corrected chi connectivity index (χ2v) is 6.15. The molecule has 3 aromatic rings. The zero-order chi connectivity index (χ0) is 14.7. The van der Waals surface area contributed by atoms with Crippen molar-refractivity contribution in [1.82, 2.24) is 15.3 Å². The van der Waals surface area contributed by atoms with Gasteiger partial charge in [0.25, 0.3) is 0 Å². The summed E-state index contributed by atoms with van der Waals surface area (Å²) in [5.74, 6) is 0. The number of hydrogen-bond donors (Lipinski definition) is 1. The summed E-state index contributed by atoms with van der Waals surface area (Å²) in [5.41, 5.74) is 3.50. The first-order valence-corrected chi connectivity index (χ1v) is 8.14. The molecular formula is C17H19N3S. The molecule has 3 rings (SSSR count). The minimum absolute atomic E-state index is 0.268. The van der Waals surface area contributed by atoms with Crippen molar-refractivity contribution in [3.05, 3.63) is 58.2 Å². The lowest BCUT2D eigenvalue weighted by Gasteiger charge is -2.19. The molecular weight excluding hydrogens is 278 g/mol. The van der Waals surface area contributed by atoms with Gasteiger partial charge in [-0.2, -0.15) is 0 Å². The Labute approximate surface area is 129 Å². The lowest BCUT2D eigenvalue weighted by Crippen LogP contribution is -2.23. The third kappa shape index (κ3) is 3.12. The van der Waals surface area contributed by atoms with Gasteiger partial charge in [-0.05, 0) is 31.2 Å². The maximum atomic E-state index is 4.60. The number of nitrogens with one attached hydrogen (secondary N) is 1. The van der Waals surface area contributed by atoms with Crippen molar-refractivity contribution in [2.24, 2.45) is 0 Å². The summed E-state index contributed by atoms with van der Waals surface area (Å²) in [6.07, 6.45) is 2.75. The summed E-state index contributed by atoms with van der Waals surface area (Å²) in [6.45, 7) is 5.13. The summed E-state index contributed by atoms with van der Waals surface area (Å²) < 4.78 is 0. The first-order chi connectivity index (χ1) is 10.3. The Bertz CT molecular complexity index is 730. The van der Waals surface area contributed by atoms with E-state index in [9.17, 15) is 0 Å². The first kappa shape index (κ1) is 14.2. The minimum Gasteiger partial charge on any atom is -0.310 e. The van der Waals surface area contributed by atoms with E-state index in [1.807, 2.05) is 12.3 Å². The Balaban J connectivity index is 1.98. The summed E-state index contributed by atoms with van der Waals surface area (Å²) >= 11 is 1.71. The van der Waals surface area contributed by atoms with Gasteiger partial charge in [0.2, 0.25) is 0 Å². The highest BCUT2D eigenvalue weighted by Crippen LogP contribution is 2.26. The number of nitrogens with zero attached hydrogens (tertiary/aromatic N) is 2. The van der Waals surface area contributed by atoms with E-state index < -0.39 is 0 Å². The van der Waals surface area contributed by atoms with Gasteiger partial charge in [0.05, 0.1) is 16.2 Å². The molecule has 21 heavy (non-hydrogen) atoms. The molecule has 0 fully saturated rings. The maximum Gasteiger partial charge on any atom is 0.0897 e. The third-order valence-corrected chi connectivity index (χ3v) is 4.41. The topological polar surface area (TPSA) is 37.8 Å². The minimum atomic E-state index is 0.268. The van der Waals surface area contributed by atoms with Crippen LogP contribution in [0.3, 0.4) is 0 Å². The molecule has 1 aromatic carbocycles. The molecule has 4 heteroatoms. The van der Waals surface area contributed by atoms with E-state index >= 15 is 0 Å². The number of rotatable bonds is 5. The molecule has 0 bridgehead atoms. The Morgan fingerprint density at radius 2 is 2.14 bits per heavy atom. The van der Waals surface area contributed by atoms with Gasteiger partial charge >= 0.3 is 0 Å². The van der Waals surface area contributed by atoms with Crippen LogP contribution in [0.5, 0.6) is 0 Å². The molecule has 0 aliphatic rings. The number of aromatic nitrogens is 2. The monoisotopic (exact) mass is 297 g/mol. The average molecular weight is 297 g/mol. The number of likely N-dealkylation sites (N-methyl/N-ethyl adjacent to an activating group) is 1. The number of pyridine rings is 1. The van der Waals surface area contributed by atoms with Gasteiger partial charge in [-0.3, -0.25) is 4.98 Å². The largest absolute Gasteiger partial charge is 0.310 e. The van der Waals surface area contributed by atoms with Crippen molar-refractivity contribution >= 4 is 22.2 Å². The zero-order valence-electron chi connectivity index (χ0n) is 12.3. The lowest BCUT2D eigenvalue weighted by atomic mass is 9.98. The van der Waals surface area contributed by atoms with Crippen molar-refractivity contribution < 1.29 is 0 Å². The fraction of sp³-hybridized carbons (Fsp3) is 0.294. The highest BCUT2D eigenvalue weighted by atomic mass is 32.1. The standard InChI is InChI=1S/C17H19N3S/c1-3-18-17(10-13-11-21-12(2)20-13)15-6-4-8-16-14(15)7-5-9-19-16/h4-9,11,17-18H,3,10H2,1-2H3. The molecule has 2 aromatic heterocycles. The highest BCUT2D eigenvalue weighted by Gasteiger charge is 2.15. The van der Waals surface area contributed by atoms with Crippen LogP contribution in [0.2, 0.25) is 0 Å². The number of hydrogen-bond acceptors (Lipinski definition) is 4. The lowest BCUT2D eigenvalue weighted by molar-refractivity contribution is 0.548. The van der Waals surface area contributed by atoms with Crippen LogP contribution >= 0.6 is 11.3 Å². The van der Waals surface area contributed by atoms with E-state index in [-0.39, 0.29) is 6.04 Å². The predicted octanol–water partition coefficient (Wildman–Crippen LogP) is 3.89. The maximum absolute atomic E-state index is 4.60. The van der Waals surface area contributed by atoms with Gasteiger partial charge < -0.3 is 5.32 Å². The molecule has 0 amide bonds. The molecule has 1 atom stereocenters. The number of benzene rings is 1. The van der Waals surface area contributed by atoms with E-state index in [2.05, 4.69) is 58.8 Å². The van der Waals surface area contributed by atoms with Crippen molar-refractivity contribution in [2.75, 3.05) is 6.54 Å². The fourth-order valence-corrected chi connectivity index (χ4v) is 3.31. The smallest absolute Gasteiger partial charge is 0.0897 e. The van der Waals surface area contributed by atoms with Crippen LogP contribution in [0.15, 0.2) is 41.9 Å². The summed E-state index contributed by atoms with van der Waals surface area (Å²) in [4.78, 5) is 9.06. The second-order valence-electron chi connectivity index (χ2n) is 5.09. The Morgan fingerprint density at radius 1 is 1.24 bits per heavy atom. The Morgan fingerprint density at radius 3 is 2.90 bits per heavy atom. The van der Waals surface area contributed by atoms with Crippen molar-refractivity contribution in [3.63, 3.8) is 0 Å². The van der Waals surface area contributed by atoms with Crippen LogP contribution < -0.4 is 5.32 Å². The van der Waals surface area contributed by atoms with E-state index in [0.29, 0.717) is 0 Å². The molecule has 0 aliphatic carbocycles. The molecule has 0 saturated carbocycles. The second kappa shape index (κ2) is 6.33. The van der Waals surface area contributed by atoms with Crippen LogP contribution in [-0.4, -0.2) is 16.5 Å². The molecule has 3 nitrogen and oxygen atoms in total. The normalized spacial score (nSPS) is 12.7. The number of aryl methyl sites for hydroxylation is 1. The van der Waals surface area contributed by atoms with Crippen LogP contribution in [0, 0.1) is 6.92 Å². The molecule has 0 aliphatic heterocycles. The Hall–Kier alpha value is -1.78. The first-order valence-electron chi connectivity index (χ1n) is 7.26. The highest BCUT2D eigenvalue weighted by molar-refractivity contribution is 7.09. The van der Waals surface area contributed by atoms with E-state index in [4.69, 9.17) is 0 Å². The zero-order valence-corrected chi connectivity index (χ0v) is 13.2. The van der Waals surface area contributed by atoms with E-state index in [0.717, 1.165) is 29.2 Å². The van der Waals surface area contributed by atoms with Gasteiger partial charge in [0.1, 0.15) is 0 Å². The summed E-state index contributed by atoms with van der Waals surface area (Å²) in [7, 11) is 0. The van der Waals surface area contributed by atoms with Crippen molar-refractivity contribution in [2.45, 2.75) is 26.3 Å². The van der Waals surface area contributed by atoms with Gasteiger partial charge in [-0.1, -0.05) is 25.1 Å². The van der Waals surface area contributed by atoms with E-state index in [1.165, 1.54) is 10.9 Å². The van der Waals surface area contributed by atoms with Gasteiger partial charge in [0.15, 0.2) is 0 Å². The molecule has 1 N–H and O–H groups in total.